The van der Waals surface area contributed by atoms with Gasteiger partial charge >= 0.3 is 0 Å². The van der Waals surface area contributed by atoms with Gasteiger partial charge in [-0.2, -0.15) is 10.5 Å². The second-order valence-electron chi connectivity index (χ2n) is 18.6. The molecular formula is C68H38N2O3. The molecule has 0 aliphatic rings. The van der Waals surface area contributed by atoms with Gasteiger partial charge in [0.1, 0.15) is 33.5 Å². The highest BCUT2D eigenvalue weighted by Gasteiger charge is 2.19. The molecule has 0 atom stereocenters. The van der Waals surface area contributed by atoms with Gasteiger partial charge in [-0.1, -0.05) is 152 Å². The topological polar surface area (TPSA) is 87.0 Å². The summed E-state index contributed by atoms with van der Waals surface area (Å²) in [5, 5.41) is 27.5. The lowest BCUT2D eigenvalue weighted by atomic mass is 9.89. The Morgan fingerprint density at radius 1 is 0.233 bits per heavy atom. The van der Waals surface area contributed by atoms with Crippen molar-refractivity contribution < 1.29 is 13.3 Å². The van der Waals surface area contributed by atoms with Gasteiger partial charge in [-0.15, -0.1) is 0 Å². The SMILES string of the molecule is N#Cc1cc(-c2cc(-c3cccc(-c4ccc(-c5cccc6c5oc5ccccc56)cc4)c3)cc(-c3cc(C#N)cc(-c4cccc5c4oc4ccccc45)c3)c2)cc(-c2cccc3c2oc2ccccc23)c1. The van der Waals surface area contributed by atoms with Crippen LogP contribution in [0.4, 0.5) is 0 Å². The van der Waals surface area contributed by atoms with Crippen LogP contribution < -0.4 is 0 Å². The van der Waals surface area contributed by atoms with Crippen LogP contribution in [0.25, 0.3) is 144 Å². The molecule has 0 amide bonds. The quantitative estimate of drug-likeness (QED) is 0.159. The molecular weight excluding hydrogens is 893 g/mol. The van der Waals surface area contributed by atoms with Gasteiger partial charge in [0.15, 0.2) is 0 Å². The summed E-state index contributed by atoms with van der Waals surface area (Å²) < 4.78 is 19.4. The Hall–Kier alpha value is -10.2. The third kappa shape index (κ3) is 7.07. The molecule has 0 N–H and O–H groups in total. The van der Waals surface area contributed by atoms with Crippen LogP contribution in [0, 0.1) is 22.7 Å². The molecule has 5 heteroatoms. The van der Waals surface area contributed by atoms with Gasteiger partial charge in [0.25, 0.3) is 0 Å². The Morgan fingerprint density at radius 2 is 0.534 bits per heavy atom. The maximum absolute atomic E-state index is 10.6. The van der Waals surface area contributed by atoms with Crippen LogP contribution in [0.2, 0.25) is 0 Å². The van der Waals surface area contributed by atoms with E-state index in [4.69, 9.17) is 13.3 Å². The molecule has 11 aromatic carbocycles. The predicted octanol–water partition coefficient (Wildman–Crippen LogP) is 18.8. The summed E-state index contributed by atoms with van der Waals surface area (Å²) in [4.78, 5) is 0. The number of nitrogens with zero attached hydrogens (tertiary/aromatic N) is 2. The van der Waals surface area contributed by atoms with Crippen LogP contribution in [0.3, 0.4) is 0 Å². The highest BCUT2D eigenvalue weighted by molar-refractivity contribution is 6.12. The van der Waals surface area contributed by atoms with Crippen molar-refractivity contribution in [2.45, 2.75) is 0 Å². The zero-order valence-corrected chi connectivity index (χ0v) is 39.1. The highest BCUT2D eigenvalue weighted by atomic mass is 16.3. The predicted molar refractivity (Wildman–Crippen MR) is 296 cm³/mol. The lowest BCUT2D eigenvalue weighted by molar-refractivity contribution is 0.669. The molecule has 14 aromatic rings. The van der Waals surface area contributed by atoms with Gasteiger partial charge in [-0.05, 0) is 140 Å². The molecule has 0 bridgehead atoms. The minimum atomic E-state index is 0.530. The largest absolute Gasteiger partial charge is 0.455 e. The van der Waals surface area contributed by atoms with Crippen molar-refractivity contribution in [3.05, 3.63) is 242 Å². The summed E-state index contributed by atoms with van der Waals surface area (Å²) in [6.07, 6.45) is 0. The van der Waals surface area contributed by atoms with E-state index in [-0.39, 0.29) is 0 Å². The number of para-hydroxylation sites is 6. The number of fused-ring (bicyclic) bond motifs is 9. The van der Waals surface area contributed by atoms with E-state index < -0.39 is 0 Å². The number of rotatable bonds is 7. The van der Waals surface area contributed by atoms with Crippen molar-refractivity contribution in [3.63, 3.8) is 0 Å². The number of hydrogen-bond donors (Lipinski definition) is 0. The van der Waals surface area contributed by atoms with Crippen molar-refractivity contribution in [2.24, 2.45) is 0 Å². The van der Waals surface area contributed by atoms with Crippen molar-refractivity contribution >= 4 is 65.8 Å². The molecule has 14 rings (SSSR count). The van der Waals surface area contributed by atoms with Gasteiger partial charge in [0, 0.05) is 49.0 Å². The first-order chi connectivity index (χ1) is 36.0. The Labute approximate surface area is 419 Å². The van der Waals surface area contributed by atoms with E-state index in [0.29, 0.717) is 11.1 Å². The molecule has 0 aliphatic carbocycles. The van der Waals surface area contributed by atoms with Crippen LogP contribution in [0.15, 0.2) is 244 Å². The Bertz CT molecular complexity index is 4450. The maximum Gasteiger partial charge on any atom is 0.143 e. The number of furan rings is 3. The fraction of sp³-hybridized carbons (Fsp3) is 0. The van der Waals surface area contributed by atoms with E-state index >= 15 is 0 Å². The molecule has 0 radical (unpaired) electrons. The van der Waals surface area contributed by atoms with E-state index in [1.165, 1.54) is 0 Å². The second-order valence-corrected chi connectivity index (χ2v) is 18.6. The summed E-state index contributed by atoms with van der Waals surface area (Å²) >= 11 is 0. The number of benzene rings is 11. The summed E-state index contributed by atoms with van der Waals surface area (Å²) in [5.74, 6) is 0. The molecule has 0 saturated heterocycles. The monoisotopic (exact) mass is 930 g/mol. The fourth-order valence-corrected chi connectivity index (χ4v) is 10.8. The molecule has 0 spiro atoms. The van der Waals surface area contributed by atoms with Crippen molar-refractivity contribution in [2.75, 3.05) is 0 Å². The molecule has 0 fully saturated rings. The third-order valence-corrected chi connectivity index (χ3v) is 14.3. The Balaban J connectivity index is 0.920. The molecule has 5 nitrogen and oxygen atoms in total. The van der Waals surface area contributed by atoms with Crippen LogP contribution >= 0.6 is 0 Å². The molecule has 73 heavy (non-hydrogen) atoms. The lowest BCUT2D eigenvalue weighted by Crippen LogP contribution is -1.91. The third-order valence-electron chi connectivity index (χ3n) is 14.3. The van der Waals surface area contributed by atoms with Crippen molar-refractivity contribution in [1.29, 1.82) is 10.5 Å². The average molecular weight is 931 g/mol. The zero-order valence-electron chi connectivity index (χ0n) is 39.1. The van der Waals surface area contributed by atoms with E-state index in [0.717, 1.165) is 144 Å². The average Bonchev–Trinajstić information content (AvgIpc) is 4.16. The van der Waals surface area contributed by atoms with Crippen LogP contribution in [0.1, 0.15) is 11.1 Å². The highest BCUT2D eigenvalue weighted by Crippen LogP contribution is 2.43. The molecule has 0 aliphatic heterocycles. The summed E-state index contributed by atoms with van der Waals surface area (Å²) in [5.41, 5.74) is 19.4. The minimum absolute atomic E-state index is 0.530. The molecule has 0 unspecified atom stereocenters. The fourth-order valence-electron chi connectivity index (χ4n) is 10.8. The zero-order chi connectivity index (χ0) is 48.6. The normalized spacial score (nSPS) is 11.5. The summed E-state index contributed by atoms with van der Waals surface area (Å²) in [6.45, 7) is 0. The van der Waals surface area contributed by atoms with Crippen molar-refractivity contribution in [3.8, 4) is 90.0 Å². The summed E-state index contributed by atoms with van der Waals surface area (Å²) in [7, 11) is 0. The smallest absolute Gasteiger partial charge is 0.143 e. The van der Waals surface area contributed by atoms with Crippen LogP contribution in [-0.4, -0.2) is 0 Å². The molecule has 3 aromatic heterocycles. The first-order valence-electron chi connectivity index (χ1n) is 24.2. The van der Waals surface area contributed by atoms with Gasteiger partial charge in [-0.3, -0.25) is 0 Å². The van der Waals surface area contributed by atoms with Gasteiger partial charge in [0.05, 0.1) is 23.3 Å². The Morgan fingerprint density at radius 3 is 0.973 bits per heavy atom. The number of nitriles is 2. The van der Waals surface area contributed by atoms with Crippen LogP contribution in [-0.2, 0) is 0 Å². The molecule has 338 valence electrons. The van der Waals surface area contributed by atoms with E-state index in [2.05, 4.69) is 152 Å². The lowest BCUT2D eigenvalue weighted by Gasteiger charge is -2.15. The van der Waals surface area contributed by atoms with E-state index in [9.17, 15) is 10.5 Å². The minimum Gasteiger partial charge on any atom is -0.455 e. The van der Waals surface area contributed by atoms with Gasteiger partial charge in [-0.25, -0.2) is 0 Å². The molecule has 0 saturated carbocycles. The first kappa shape index (κ1) is 41.7. The standard InChI is InChI=1S/C68H38N2O3/c69-39-41-29-47(37-52(31-41)55-17-9-20-61-58-14-2-5-23-64(58)72-67(55)61)50-34-49(35-51(36-50)48-30-42(40-70)32-53(38-48)56-18-10-21-62-59-15-3-6-24-65(59)73-68(56)62)46-12-7-11-45(33-46)43-25-27-44(28-26-43)54-16-8-19-60-57-13-1-4-22-63(57)71-66(54)60/h1-38H. The van der Waals surface area contributed by atoms with Gasteiger partial charge < -0.3 is 13.3 Å². The van der Waals surface area contributed by atoms with Crippen LogP contribution in [0.5, 0.6) is 0 Å². The maximum atomic E-state index is 10.6. The number of hydrogen-bond acceptors (Lipinski definition) is 5. The molecule has 3 heterocycles. The van der Waals surface area contributed by atoms with E-state index in [1.807, 2.05) is 91.0 Å². The first-order valence-corrected chi connectivity index (χ1v) is 24.2. The van der Waals surface area contributed by atoms with Gasteiger partial charge in [0.2, 0.25) is 0 Å². The summed E-state index contributed by atoms with van der Waals surface area (Å²) in [6, 6.07) is 83.9. The van der Waals surface area contributed by atoms with E-state index in [1.54, 1.807) is 0 Å². The Kier molecular flexibility index (Phi) is 9.58. The second kappa shape index (κ2) is 16.7. The van der Waals surface area contributed by atoms with Crippen molar-refractivity contribution in [1.82, 2.24) is 0 Å².